The molecule has 1 heterocycles. The monoisotopic (exact) mass is 451 g/mol. The minimum atomic E-state index is -0.283. The highest BCUT2D eigenvalue weighted by atomic mass is 16.2. The summed E-state index contributed by atoms with van der Waals surface area (Å²) in [6.45, 7) is 0.760. The molecule has 4 rings (SSSR count). The summed E-state index contributed by atoms with van der Waals surface area (Å²) >= 11 is 0. The molecule has 0 fully saturated rings. The molecule has 5 N–H and O–H groups in total. The van der Waals surface area contributed by atoms with Crippen molar-refractivity contribution in [2.45, 2.75) is 13.1 Å². The van der Waals surface area contributed by atoms with Gasteiger partial charge in [-0.1, -0.05) is 60.7 Å². The van der Waals surface area contributed by atoms with Crippen molar-refractivity contribution >= 4 is 23.4 Å². The van der Waals surface area contributed by atoms with Crippen LogP contribution < -0.4 is 21.7 Å². The lowest BCUT2D eigenvalue weighted by Crippen LogP contribution is -2.34. The first-order valence-electron chi connectivity index (χ1n) is 10.9. The predicted molar refractivity (Wildman–Crippen MR) is 134 cm³/mol. The molecule has 0 saturated carbocycles. The van der Waals surface area contributed by atoms with Gasteiger partial charge in [0.15, 0.2) is 0 Å². The standard InChI is InChI=1S/C27H25N5O2/c28-25-24(10-5-15-29-25)32-26(33)22-13-11-19(12-14-22)17-30-27(34)31-18-20-6-4-9-23(16-20)21-7-2-1-3-8-21/h1-16H,17-18H2,(H2,28,29)(H,32,33)(H2,30,31,34). The fraction of sp³-hybridized carbons (Fsp3) is 0.0741. The molecule has 0 aliphatic heterocycles. The van der Waals surface area contributed by atoms with Gasteiger partial charge in [0.25, 0.3) is 5.91 Å². The molecule has 0 radical (unpaired) electrons. The van der Waals surface area contributed by atoms with E-state index in [1.807, 2.05) is 30.3 Å². The first-order chi connectivity index (χ1) is 16.6. The molecule has 3 aromatic carbocycles. The van der Waals surface area contributed by atoms with E-state index in [1.54, 1.807) is 42.6 Å². The molecule has 34 heavy (non-hydrogen) atoms. The quantitative estimate of drug-likeness (QED) is 0.330. The average molecular weight is 452 g/mol. The highest BCUT2D eigenvalue weighted by molar-refractivity contribution is 6.05. The van der Waals surface area contributed by atoms with E-state index in [0.717, 1.165) is 22.3 Å². The van der Waals surface area contributed by atoms with Crippen molar-refractivity contribution in [3.63, 3.8) is 0 Å². The lowest BCUT2D eigenvalue weighted by atomic mass is 10.0. The van der Waals surface area contributed by atoms with E-state index in [2.05, 4.69) is 45.2 Å². The number of anilines is 2. The van der Waals surface area contributed by atoms with Crippen LogP contribution in [0.15, 0.2) is 97.2 Å². The molecule has 0 saturated heterocycles. The second kappa shape index (κ2) is 10.8. The molecule has 0 spiro atoms. The van der Waals surface area contributed by atoms with Crippen LogP contribution in [0.3, 0.4) is 0 Å². The lowest BCUT2D eigenvalue weighted by Gasteiger charge is -2.10. The van der Waals surface area contributed by atoms with Gasteiger partial charge in [0, 0.05) is 24.8 Å². The highest BCUT2D eigenvalue weighted by Gasteiger charge is 2.09. The molecule has 3 amide bonds. The molecule has 1 aromatic heterocycles. The van der Waals surface area contributed by atoms with Crippen LogP contribution in [-0.2, 0) is 13.1 Å². The van der Waals surface area contributed by atoms with Gasteiger partial charge in [-0.3, -0.25) is 4.79 Å². The van der Waals surface area contributed by atoms with Gasteiger partial charge in [-0.15, -0.1) is 0 Å². The number of benzene rings is 3. The van der Waals surface area contributed by atoms with Crippen LogP contribution in [-0.4, -0.2) is 16.9 Å². The summed E-state index contributed by atoms with van der Waals surface area (Å²) in [7, 11) is 0. The van der Waals surface area contributed by atoms with Crippen LogP contribution in [0.25, 0.3) is 11.1 Å². The number of pyridine rings is 1. The molecule has 0 atom stereocenters. The number of amides is 3. The Balaban J connectivity index is 1.26. The van der Waals surface area contributed by atoms with Gasteiger partial charge in [0.1, 0.15) is 5.82 Å². The zero-order valence-corrected chi connectivity index (χ0v) is 18.5. The number of aromatic nitrogens is 1. The van der Waals surface area contributed by atoms with Crippen molar-refractivity contribution < 1.29 is 9.59 Å². The van der Waals surface area contributed by atoms with Gasteiger partial charge < -0.3 is 21.7 Å². The summed E-state index contributed by atoms with van der Waals surface area (Å²) in [6, 6.07) is 28.3. The number of nitrogen functional groups attached to an aromatic ring is 1. The molecule has 0 unspecified atom stereocenters. The maximum absolute atomic E-state index is 12.4. The number of nitrogens with zero attached hydrogens (tertiary/aromatic N) is 1. The second-order valence-electron chi connectivity index (χ2n) is 7.69. The van der Waals surface area contributed by atoms with Crippen molar-refractivity contribution in [2.24, 2.45) is 0 Å². The smallest absolute Gasteiger partial charge is 0.315 e. The topological polar surface area (TPSA) is 109 Å². The van der Waals surface area contributed by atoms with Crippen molar-refractivity contribution in [2.75, 3.05) is 11.1 Å². The normalized spacial score (nSPS) is 10.4. The minimum absolute atomic E-state index is 0.259. The van der Waals surface area contributed by atoms with Gasteiger partial charge in [0.05, 0.1) is 5.69 Å². The largest absolute Gasteiger partial charge is 0.382 e. The first-order valence-corrected chi connectivity index (χ1v) is 10.9. The zero-order valence-electron chi connectivity index (χ0n) is 18.5. The van der Waals surface area contributed by atoms with E-state index in [0.29, 0.717) is 24.3 Å². The number of nitrogens with two attached hydrogens (primary N) is 1. The summed E-state index contributed by atoms with van der Waals surface area (Å²) in [5, 5.41) is 8.45. The third kappa shape index (κ3) is 5.98. The van der Waals surface area contributed by atoms with Gasteiger partial charge >= 0.3 is 6.03 Å². The summed E-state index contributed by atoms with van der Waals surface area (Å²) in [5.74, 6) is -0.0239. The van der Waals surface area contributed by atoms with E-state index < -0.39 is 0 Å². The minimum Gasteiger partial charge on any atom is -0.382 e. The SMILES string of the molecule is Nc1ncccc1NC(=O)c1ccc(CNC(=O)NCc2cccc(-c3ccccc3)c2)cc1. The fourth-order valence-corrected chi connectivity index (χ4v) is 3.41. The van der Waals surface area contributed by atoms with Crippen molar-refractivity contribution in [3.05, 3.63) is 114 Å². The number of rotatable bonds is 7. The number of hydrogen-bond acceptors (Lipinski definition) is 4. The maximum Gasteiger partial charge on any atom is 0.315 e. The summed E-state index contributed by atoms with van der Waals surface area (Å²) in [6.07, 6.45) is 1.56. The van der Waals surface area contributed by atoms with Gasteiger partial charge in [-0.25, -0.2) is 9.78 Å². The van der Waals surface area contributed by atoms with Crippen molar-refractivity contribution in [3.8, 4) is 11.1 Å². The molecule has 7 nitrogen and oxygen atoms in total. The van der Waals surface area contributed by atoms with E-state index in [9.17, 15) is 9.59 Å². The van der Waals surface area contributed by atoms with Crippen LogP contribution in [0, 0.1) is 0 Å². The Bertz CT molecular complexity index is 1270. The Labute approximate surface area is 198 Å². The zero-order chi connectivity index (χ0) is 23.8. The molecule has 0 aliphatic rings. The summed E-state index contributed by atoms with van der Waals surface area (Å²) < 4.78 is 0. The van der Waals surface area contributed by atoms with Crippen LogP contribution in [0.5, 0.6) is 0 Å². The summed E-state index contributed by atoms with van der Waals surface area (Å²) in [5.41, 5.74) is 10.8. The number of carbonyl (C=O) groups is 2. The van der Waals surface area contributed by atoms with E-state index >= 15 is 0 Å². The van der Waals surface area contributed by atoms with Gasteiger partial charge in [-0.2, -0.15) is 0 Å². The first kappa shape index (κ1) is 22.5. The van der Waals surface area contributed by atoms with Crippen LogP contribution in [0.4, 0.5) is 16.3 Å². The third-order valence-electron chi connectivity index (χ3n) is 5.24. The molecule has 0 bridgehead atoms. The van der Waals surface area contributed by atoms with E-state index in [1.165, 1.54) is 0 Å². The third-order valence-corrected chi connectivity index (χ3v) is 5.24. The molecule has 4 aromatic rings. The Morgan fingerprint density at radius 3 is 2.18 bits per heavy atom. The lowest BCUT2D eigenvalue weighted by molar-refractivity contribution is 0.102. The van der Waals surface area contributed by atoms with Crippen molar-refractivity contribution in [1.29, 1.82) is 0 Å². The molecule has 0 aliphatic carbocycles. The Morgan fingerprint density at radius 2 is 1.44 bits per heavy atom. The molecule has 170 valence electrons. The van der Waals surface area contributed by atoms with Crippen LogP contribution in [0.2, 0.25) is 0 Å². The van der Waals surface area contributed by atoms with Crippen LogP contribution in [0.1, 0.15) is 21.5 Å². The maximum atomic E-state index is 12.4. The number of carbonyl (C=O) groups excluding carboxylic acids is 2. The van der Waals surface area contributed by atoms with Gasteiger partial charge in [-0.05, 0) is 52.6 Å². The second-order valence-corrected chi connectivity index (χ2v) is 7.69. The Kier molecular flexibility index (Phi) is 7.15. The number of hydrogen-bond donors (Lipinski definition) is 4. The van der Waals surface area contributed by atoms with Gasteiger partial charge in [0.2, 0.25) is 0 Å². The Hall–Kier alpha value is -4.65. The molecular weight excluding hydrogens is 426 g/mol. The highest BCUT2D eigenvalue weighted by Crippen LogP contribution is 2.20. The predicted octanol–water partition coefficient (Wildman–Crippen LogP) is 4.58. The van der Waals surface area contributed by atoms with Crippen molar-refractivity contribution in [1.82, 2.24) is 15.6 Å². The fourth-order valence-electron chi connectivity index (χ4n) is 3.41. The van der Waals surface area contributed by atoms with E-state index in [-0.39, 0.29) is 17.8 Å². The van der Waals surface area contributed by atoms with Crippen LogP contribution >= 0.6 is 0 Å². The number of nitrogens with one attached hydrogen (secondary N) is 3. The Morgan fingerprint density at radius 1 is 0.735 bits per heavy atom. The average Bonchev–Trinajstić information content (AvgIpc) is 2.88. The molecular formula is C27H25N5O2. The van der Waals surface area contributed by atoms with E-state index in [4.69, 9.17) is 5.73 Å². The summed E-state index contributed by atoms with van der Waals surface area (Å²) in [4.78, 5) is 28.6. The molecule has 7 heteroatoms. The number of urea groups is 1.